The first-order valence-corrected chi connectivity index (χ1v) is 15.5. The van der Waals surface area contributed by atoms with E-state index >= 15 is 0 Å². The number of piperidine rings is 1. The Morgan fingerprint density at radius 1 is 1.00 bits per heavy atom. The van der Waals surface area contributed by atoms with Crippen molar-refractivity contribution in [1.29, 1.82) is 0 Å². The van der Waals surface area contributed by atoms with E-state index in [2.05, 4.69) is 24.5 Å². The van der Waals surface area contributed by atoms with Gasteiger partial charge in [-0.3, -0.25) is 10.00 Å². The monoisotopic (exact) mass is 655 g/mol. The molecular weight excluding hydrogens is 626 g/mol. The summed E-state index contributed by atoms with van der Waals surface area (Å²) in [7, 11) is 0. The summed E-state index contributed by atoms with van der Waals surface area (Å²) in [6.07, 6.45) is -1.65. The van der Waals surface area contributed by atoms with Gasteiger partial charge in [-0.2, -0.15) is 18.3 Å². The minimum Gasteiger partial charge on any atom is -0.474 e. The highest BCUT2D eigenvalue weighted by atomic mass is 35.5. The van der Waals surface area contributed by atoms with Gasteiger partial charge in [0, 0.05) is 48.5 Å². The van der Waals surface area contributed by atoms with Crippen molar-refractivity contribution in [2.75, 3.05) is 19.7 Å². The van der Waals surface area contributed by atoms with E-state index in [0.717, 1.165) is 50.3 Å². The molecule has 2 fully saturated rings. The molecule has 14 heteroatoms. The predicted molar refractivity (Wildman–Crippen MR) is 162 cm³/mol. The molecule has 2 saturated heterocycles. The number of H-pyrrole nitrogens is 1. The molecule has 5 heterocycles. The Hall–Kier alpha value is -4.07. The van der Waals surface area contributed by atoms with Crippen LogP contribution in [0.15, 0.2) is 54.6 Å². The summed E-state index contributed by atoms with van der Waals surface area (Å²) in [5.74, 6) is -0.169. The van der Waals surface area contributed by atoms with Gasteiger partial charge in [-0.25, -0.2) is 19.3 Å². The van der Waals surface area contributed by atoms with Gasteiger partial charge in [0.25, 0.3) is 0 Å². The zero-order chi connectivity index (χ0) is 31.8. The summed E-state index contributed by atoms with van der Waals surface area (Å²) in [6, 6.07) is 15.4. The van der Waals surface area contributed by atoms with Gasteiger partial charge in [-0.05, 0) is 61.2 Å². The number of pyridine rings is 1. The summed E-state index contributed by atoms with van der Waals surface area (Å²) in [4.78, 5) is 15.5. The van der Waals surface area contributed by atoms with Crippen molar-refractivity contribution < 1.29 is 27.0 Å². The maximum atomic E-state index is 14.3. The molecule has 0 saturated carbocycles. The molecular formula is C32H30ClF4N7O2. The molecule has 9 nitrogen and oxygen atoms in total. The fourth-order valence-corrected chi connectivity index (χ4v) is 5.99. The quantitative estimate of drug-likeness (QED) is 0.182. The zero-order valence-corrected chi connectivity index (χ0v) is 25.4. The zero-order valence-electron chi connectivity index (χ0n) is 24.6. The van der Waals surface area contributed by atoms with E-state index in [-0.39, 0.29) is 23.8 Å². The Labute approximate surface area is 266 Å². The van der Waals surface area contributed by atoms with Crippen LogP contribution in [-0.2, 0) is 30.4 Å². The highest BCUT2D eigenvalue weighted by molar-refractivity contribution is 6.30. The number of imidazole rings is 1. The van der Waals surface area contributed by atoms with Crippen molar-refractivity contribution in [3.63, 3.8) is 0 Å². The molecule has 0 bridgehead atoms. The van der Waals surface area contributed by atoms with Crippen LogP contribution in [0.25, 0.3) is 22.4 Å². The third-order valence-electron chi connectivity index (χ3n) is 8.37. The van der Waals surface area contributed by atoms with Gasteiger partial charge in [0.1, 0.15) is 17.7 Å². The number of hydrogen-bond acceptors (Lipinski definition) is 7. The summed E-state index contributed by atoms with van der Waals surface area (Å²) < 4.78 is 67.6. The van der Waals surface area contributed by atoms with E-state index in [1.54, 1.807) is 24.3 Å². The average Bonchev–Trinajstić information content (AvgIpc) is 3.63. The number of aromatic nitrogens is 6. The summed E-state index contributed by atoms with van der Waals surface area (Å²) >= 11 is 5.88. The van der Waals surface area contributed by atoms with Crippen LogP contribution in [0.1, 0.15) is 42.2 Å². The summed E-state index contributed by atoms with van der Waals surface area (Å²) in [5.41, 5.74) is 3.21. The van der Waals surface area contributed by atoms with Crippen molar-refractivity contribution in [2.45, 2.75) is 57.2 Å². The topological polar surface area (TPSA) is 94.0 Å². The predicted octanol–water partition coefficient (Wildman–Crippen LogP) is 6.45. The highest BCUT2D eigenvalue weighted by Crippen LogP contribution is 2.30. The Balaban J connectivity index is 1.02. The molecule has 5 aromatic rings. The molecule has 0 amide bonds. The van der Waals surface area contributed by atoms with E-state index in [0.29, 0.717) is 52.8 Å². The van der Waals surface area contributed by atoms with Crippen LogP contribution in [-0.4, -0.2) is 66.5 Å². The van der Waals surface area contributed by atoms with Crippen molar-refractivity contribution in [2.24, 2.45) is 0 Å². The lowest BCUT2D eigenvalue weighted by Gasteiger charge is -2.32. The van der Waals surface area contributed by atoms with E-state index in [1.807, 2.05) is 29.4 Å². The second kappa shape index (κ2) is 12.6. The number of likely N-dealkylation sites (tertiary alicyclic amines) is 1. The number of fused-ring (bicyclic) bond motifs is 1. The van der Waals surface area contributed by atoms with Crippen molar-refractivity contribution in [1.82, 2.24) is 34.6 Å². The van der Waals surface area contributed by atoms with Crippen LogP contribution in [0, 0.1) is 5.82 Å². The van der Waals surface area contributed by atoms with Crippen LogP contribution < -0.4 is 4.74 Å². The van der Waals surface area contributed by atoms with E-state index in [9.17, 15) is 17.6 Å². The number of nitrogens with zero attached hydrogens (tertiary/aromatic N) is 6. The molecule has 0 spiro atoms. The number of nitrogens with one attached hydrogen (secondary N) is 1. The van der Waals surface area contributed by atoms with Crippen LogP contribution in [0.5, 0.6) is 5.88 Å². The molecule has 0 radical (unpaired) electrons. The van der Waals surface area contributed by atoms with Gasteiger partial charge in [-0.1, -0.05) is 23.7 Å². The van der Waals surface area contributed by atoms with Crippen molar-refractivity contribution >= 4 is 22.6 Å². The number of ether oxygens (including phenoxy) is 2. The van der Waals surface area contributed by atoms with Crippen molar-refractivity contribution in [3.8, 4) is 17.3 Å². The maximum absolute atomic E-state index is 14.3. The average molecular weight is 656 g/mol. The first-order valence-electron chi connectivity index (χ1n) is 15.1. The SMILES string of the molecule is Fc1cc(Cl)ccc1Cc1cccc(OC2CCN(Cc3nc4cc(-c5n[nH]c(C(F)(F)F)n5)ccc4n3CC3CCO3)CC2)n1. The lowest BCUT2D eigenvalue weighted by Crippen LogP contribution is -2.39. The van der Waals surface area contributed by atoms with Gasteiger partial charge in [-0.15, -0.1) is 0 Å². The van der Waals surface area contributed by atoms with E-state index in [1.165, 1.54) is 6.07 Å². The maximum Gasteiger partial charge on any atom is 0.451 e. The molecule has 1 atom stereocenters. The van der Waals surface area contributed by atoms with Gasteiger partial charge < -0.3 is 14.0 Å². The standard InChI is InChI=1S/C32H30ClF4N7O2/c33-21-6-4-19(25(34)16-21)14-22-2-1-3-29(38-22)46-23-8-11-43(12-9-23)18-28-39-26-15-20(30-40-31(42-41-30)32(35,36)37)5-7-27(26)44(28)17-24-10-13-45-24/h1-7,15-16,23-24H,8-14,17-18H2,(H,40,41,42). The normalized spacial score (nSPS) is 17.8. The van der Waals surface area contributed by atoms with E-state index < -0.39 is 12.0 Å². The molecule has 1 N–H and O–H groups in total. The molecule has 240 valence electrons. The molecule has 2 aliphatic rings. The van der Waals surface area contributed by atoms with Crippen LogP contribution in [0.2, 0.25) is 5.02 Å². The molecule has 2 aliphatic heterocycles. The second-order valence-corrected chi connectivity index (χ2v) is 12.0. The Kier molecular flexibility index (Phi) is 8.38. The van der Waals surface area contributed by atoms with Gasteiger partial charge in [0.2, 0.25) is 11.7 Å². The van der Waals surface area contributed by atoms with Crippen molar-refractivity contribution in [3.05, 3.63) is 88.3 Å². The Morgan fingerprint density at radius 2 is 1.83 bits per heavy atom. The molecule has 3 aromatic heterocycles. The fraction of sp³-hybridized carbons (Fsp3) is 0.375. The smallest absolute Gasteiger partial charge is 0.451 e. The highest BCUT2D eigenvalue weighted by Gasteiger charge is 2.35. The van der Waals surface area contributed by atoms with Gasteiger partial charge in [0.15, 0.2) is 5.82 Å². The number of hydrogen-bond donors (Lipinski definition) is 1. The molecule has 0 aliphatic carbocycles. The van der Waals surface area contributed by atoms with Gasteiger partial charge in [0.05, 0.1) is 30.2 Å². The first-order chi connectivity index (χ1) is 22.2. The number of rotatable bonds is 9. The van der Waals surface area contributed by atoms with Crippen LogP contribution >= 0.6 is 11.6 Å². The number of aromatic amines is 1. The first kappa shape index (κ1) is 30.6. The second-order valence-electron chi connectivity index (χ2n) is 11.6. The summed E-state index contributed by atoms with van der Waals surface area (Å²) in [5, 5.41) is 6.09. The van der Waals surface area contributed by atoms with Crippen LogP contribution in [0.3, 0.4) is 0 Å². The van der Waals surface area contributed by atoms with Crippen LogP contribution in [0.4, 0.5) is 17.6 Å². The molecule has 7 rings (SSSR count). The third kappa shape index (κ3) is 6.72. The van der Waals surface area contributed by atoms with Gasteiger partial charge >= 0.3 is 6.18 Å². The molecule has 2 aromatic carbocycles. The number of benzene rings is 2. The Morgan fingerprint density at radius 3 is 2.54 bits per heavy atom. The third-order valence-corrected chi connectivity index (χ3v) is 8.61. The number of halogens is 5. The summed E-state index contributed by atoms with van der Waals surface area (Å²) in [6.45, 7) is 3.54. The molecule has 1 unspecified atom stereocenters. The lowest BCUT2D eigenvalue weighted by molar-refractivity contribution is -0.144. The lowest BCUT2D eigenvalue weighted by atomic mass is 10.1. The largest absolute Gasteiger partial charge is 0.474 e. The fourth-order valence-electron chi connectivity index (χ4n) is 5.83. The minimum absolute atomic E-state index is 0.0149. The molecule has 46 heavy (non-hydrogen) atoms. The Bertz CT molecular complexity index is 1850. The van der Waals surface area contributed by atoms with E-state index in [4.69, 9.17) is 26.1 Å². The number of alkyl halides is 3. The minimum atomic E-state index is -4.61.